The van der Waals surface area contributed by atoms with Crippen LogP contribution in [-0.4, -0.2) is 55.5 Å². The Kier molecular flexibility index (Phi) is 6.99. The first-order chi connectivity index (χ1) is 15.9. The largest absolute Gasteiger partial charge is 0.486 e. The Bertz CT molecular complexity index is 1080. The summed E-state index contributed by atoms with van der Waals surface area (Å²) in [5.74, 6) is 0.556. The molecule has 176 valence electrons. The number of likely N-dealkylation sites (tertiary alicyclic amines) is 1. The summed E-state index contributed by atoms with van der Waals surface area (Å²) in [7, 11) is 0. The summed E-state index contributed by atoms with van der Waals surface area (Å²) in [6, 6.07) is 6.03. The van der Waals surface area contributed by atoms with Crippen molar-refractivity contribution in [2.75, 3.05) is 38.2 Å². The number of thiophene rings is 1. The van der Waals surface area contributed by atoms with E-state index in [4.69, 9.17) is 14.2 Å². The van der Waals surface area contributed by atoms with E-state index in [1.54, 1.807) is 13.8 Å². The lowest BCUT2D eigenvalue weighted by Gasteiger charge is -2.26. The lowest BCUT2D eigenvalue weighted by molar-refractivity contribution is -0.117. The zero-order chi connectivity index (χ0) is 23.5. The fourth-order valence-corrected chi connectivity index (χ4v) is 5.50. The predicted molar refractivity (Wildman–Crippen MR) is 125 cm³/mol. The molecular formula is C24H28N2O6S. The molecule has 1 unspecified atom stereocenters. The third-order valence-electron chi connectivity index (χ3n) is 5.86. The lowest BCUT2D eigenvalue weighted by Crippen LogP contribution is -2.33. The van der Waals surface area contributed by atoms with E-state index in [1.807, 2.05) is 18.2 Å². The van der Waals surface area contributed by atoms with Gasteiger partial charge in [0.1, 0.15) is 18.2 Å². The number of amides is 1. The minimum absolute atomic E-state index is 0.0916. The molecule has 4 rings (SSSR count). The van der Waals surface area contributed by atoms with Crippen LogP contribution in [0.4, 0.5) is 5.00 Å². The van der Waals surface area contributed by atoms with E-state index in [0.717, 1.165) is 47.8 Å². The molecule has 0 bridgehead atoms. The second-order valence-electron chi connectivity index (χ2n) is 8.12. The SMILES string of the molecule is CCOC(=O)c1c(NC(=O)CN2CCCC2c2ccc3c(c2)OCCO3)sc(C(C)=O)c1C. The van der Waals surface area contributed by atoms with Gasteiger partial charge in [-0.05, 0) is 63.4 Å². The van der Waals surface area contributed by atoms with Gasteiger partial charge >= 0.3 is 5.97 Å². The summed E-state index contributed by atoms with van der Waals surface area (Å²) in [6.45, 7) is 7.11. The van der Waals surface area contributed by atoms with E-state index in [0.29, 0.717) is 28.7 Å². The van der Waals surface area contributed by atoms with Crippen molar-refractivity contribution in [2.24, 2.45) is 0 Å². The van der Waals surface area contributed by atoms with Crippen LogP contribution in [0.3, 0.4) is 0 Å². The highest BCUT2D eigenvalue weighted by Gasteiger charge is 2.30. The molecule has 2 aliphatic rings. The molecule has 1 fully saturated rings. The topological polar surface area (TPSA) is 94.2 Å². The molecule has 1 saturated heterocycles. The van der Waals surface area contributed by atoms with Crippen molar-refractivity contribution in [3.8, 4) is 11.5 Å². The minimum Gasteiger partial charge on any atom is -0.486 e. The van der Waals surface area contributed by atoms with E-state index in [9.17, 15) is 14.4 Å². The van der Waals surface area contributed by atoms with Crippen LogP contribution in [0.5, 0.6) is 11.5 Å². The second kappa shape index (κ2) is 9.93. The van der Waals surface area contributed by atoms with E-state index in [2.05, 4.69) is 10.2 Å². The normalized spacial score (nSPS) is 17.6. The molecule has 8 nitrogen and oxygen atoms in total. The number of ether oxygens (including phenoxy) is 3. The van der Waals surface area contributed by atoms with Crippen LogP contribution in [0.25, 0.3) is 0 Å². The average Bonchev–Trinajstić information content (AvgIpc) is 3.37. The number of nitrogens with one attached hydrogen (secondary N) is 1. The van der Waals surface area contributed by atoms with Crippen molar-refractivity contribution >= 4 is 34.0 Å². The number of ketones is 1. The number of hydrogen-bond acceptors (Lipinski definition) is 8. The molecule has 0 radical (unpaired) electrons. The Morgan fingerprint density at radius 1 is 1.21 bits per heavy atom. The zero-order valence-electron chi connectivity index (χ0n) is 19.1. The smallest absolute Gasteiger partial charge is 0.341 e. The summed E-state index contributed by atoms with van der Waals surface area (Å²) in [4.78, 5) is 40.0. The molecule has 1 aromatic carbocycles. The maximum absolute atomic E-state index is 13.0. The Labute approximate surface area is 196 Å². The fraction of sp³-hybridized carbons (Fsp3) is 0.458. The molecular weight excluding hydrogens is 444 g/mol. The highest BCUT2D eigenvalue weighted by atomic mass is 32.1. The third kappa shape index (κ3) is 4.89. The van der Waals surface area contributed by atoms with Crippen LogP contribution in [0.1, 0.15) is 63.9 Å². The van der Waals surface area contributed by atoms with Gasteiger partial charge in [-0.3, -0.25) is 14.5 Å². The molecule has 1 aromatic heterocycles. The first kappa shape index (κ1) is 23.3. The summed E-state index contributed by atoms with van der Waals surface area (Å²) in [5, 5.41) is 3.21. The van der Waals surface area contributed by atoms with Crippen LogP contribution >= 0.6 is 11.3 Å². The number of nitrogens with zero attached hydrogens (tertiary/aromatic N) is 1. The van der Waals surface area contributed by atoms with Gasteiger partial charge in [0.15, 0.2) is 17.3 Å². The van der Waals surface area contributed by atoms with Gasteiger partial charge in [0.2, 0.25) is 5.91 Å². The number of carbonyl (C=O) groups is 3. The fourth-order valence-electron chi connectivity index (χ4n) is 4.40. The number of anilines is 1. The summed E-state index contributed by atoms with van der Waals surface area (Å²) >= 11 is 1.12. The quantitative estimate of drug-likeness (QED) is 0.481. The first-order valence-electron chi connectivity index (χ1n) is 11.1. The molecule has 33 heavy (non-hydrogen) atoms. The Balaban J connectivity index is 1.50. The molecule has 3 heterocycles. The molecule has 0 spiro atoms. The van der Waals surface area contributed by atoms with Gasteiger partial charge in [-0.1, -0.05) is 6.07 Å². The van der Waals surface area contributed by atoms with Gasteiger partial charge in [0, 0.05) is 6.04 Å². The van der Waals surface area contributed by atoms with Crippen LogP contribution in [0.15, 0.2) is 18.2 Å². The molecule has 0 aliphatic carbocycles. The highest BCUT2D eigenvalue weighted by Crippen LogP contribution is 2.38. The van der Waals surface area contributed by atoms with E-state index in [1.165, 1.54) is 6.92 Å². The number of Topliss-reactive ketones (excluding diaryl/α,β-unsaturated/α-hetero) is 1. The van der Waals surface area contributed by atoms with Gasteiger partial charge in [-0.2, -0.15) is 0 Å². The van der Waals surface area contributed by atoms with Crippen LogP contribution < -0.4 is 14.8 Å². The molecule has 1 atom stereocenters. The van der Waals surface area contributed by atoms with Gasteiger partial charge < -0.3 is 19.5 Å². The van der Waals surface area contributed by atoms with Gasteiger partial charge in [-0.25, -0.2) is 4.79 Å². The van der Waals surface area contributed by atoms with Crippen molar-refractivity contribution < 1.29 is 28.6 Å². The van der Waals surface area contributed by atoms with Crippen LogP contribution in [-0.2, 0) is 9.53 Å². The maximum Gasteiger partial charge on any atom is 0.341 e. The molecule has 2 aliphatic heterocycles. The van der Waals surface area contributed by atoms with Crippen molar-refractivity contribution in [3.05, 3.63) is 39.8 Å². The molecule has 0 saturated carbocycles. The number of esters is 1. The van der Waals surface area contributed by atoms with Crippen molar-refractivity contribution in [1.29, 1.82) is 0 Å². The highest BCUT2D eigenvalue weighted by molar-refractivity contribution is 7.18. The number of fused-ring (bicyclic) bond motifs is 1. The zero-order valence-corrected chi connectivity index (χ0v) is 19.9. The van der Waals surface area contributed by atoms with Crippen molar-refractivity contribution in [2.45, 2.75) is 39.7 Å². The number of rotatable bonds is 7. The maximum atomic E-state index is 13.0. The van der Waals surface area contributed by atoms with Crippen molar-refractivity contribution in [1.82, 2.24) is 4.90 Å². The van der Waals surface area contributed by atoms with Crippen LogP contribution in [0.2, 0.25) is 0 Å². The number of carbonyl (C=O) groups excluding carboxylic acids is 3. The second-order valence-corrected chi connectivity index (χ2v) is 9.14. The molecule has 1 N–H and O–H groups in total. The van der Waals surface area contributed by atoms with E-state index >= 15 is 0 Å². The Morgan fingerprint density at radius 3 is 2.70 bits per heavy atom. The van der Waals surface area contributed by atoms with Gasteiger partial charge in [0.05, 0.1) is 23.6 Å². The van der Waals surface area contributed by atoms with E-state index < -0.39 is 5.97 Å². The first-order valence-corrected chi connectivity index (χ1v) is 12.0. The molecule has 2 aromatic rings. The predicted octanol–water partition coefficient (Wildman–Crippen LogP) is 3.98. The monoisotopic (exact) mass is 472 g/mol. The average molecular weight is 473 g/mol. The summed E-state index contributed by atoms with van der Waals surface area (Å²) < 4.78 is 16.5. The summed E-state index contributed by atoms with van der Waals surface area (Å²) in [5.41, 5.74) is 1.88. The molecule has 9 heteroatoms. The minimum atomic E-state index is -0.538. The van der Waals surface area contributed by atoms with Crippen LogP contribution in [0, 0.1) is 6.92 Å². The Hall–Kier alpha value is -2.91. The summed E-state index contributed by atoms with van der Waals surface area (Å²) in [6.07, 6.45) is 1.92. The Morgan fingerprint density at radius 2 is 1.97 bits per heavy atom. The molecule has 1 amide bonds. The van der Waals surface area contributed by atoms with E-state index in [-0.39, 0.29) is 36.4 Å². The van der Waals surface area contributed by atoms with Gasteiger partial charge in [-0.15, -0.1) is 11.3 Å². The number of hydrogen-bond donors (Lipinski definition) is 1. The van der Waals surface area contributed by atoms with Gasteiger partial charge in [0.25, 0.3) is 0 Å². The standard InChI is InChI=1S/C24H28N2O6S/c1-4-30-24(29)21-14(2)22(15(3)27)33-23(21)25-20(28)13-26-9-5-6-17(26)16-7-8-18-19(12-16)32-11-10-31-18/h7-8,12,17H,4-6,9-11,13H2,1-3H3,(H,25,28). The van der Waals surface area contributed by atoms with Crippen molar-refractivity contribution in [3.63, 3.8) is 0 Å². The third-order valence-corrected chi connectivity index (χ3v) is 7.17. The lowest BCUT2D eigenvalue weighted by atomic mass is 10.0. The number of benzene rings is 1.